The Hall–Kier alpha value is 1.24. The third-order valence-electron chi connectivity index (χ3n) is 1.17. The van der Waals surface area contributed by atoms with Crippen LogP contribution in [-0.2, 0) is 9.22 Å². The zero-order chi connectivity index (χ0) is 13.2. The molecule has 0 saturated heterocycles. The maximum atomic E-state index is 5.94. The van der Waals surface area contributed by atoms with Gasteiger partial charge in [0.2, 0.25) is 0 Å². The summed E-state index contributed by atoms with van der Waals surface area (Å²) in [6.07, 6.45) is 0. The van der Waals surface area contributed by atoms with Gasteiger partial charge < -0.3 is 5.48 Å². The average molecular weight is 362 g/mol. The van der Waals surface area contributed by atoms with Crippen molar-refractivity contribution in [1.29, 1.82) is 0 Å². The monoisotopic (exact) mass is 363 g/mol. The van der Waals surface area contributed by atoms with Crippen molar-refractivity contribution >= 4 is 21.0 Å². The van der Waals surface area contributed by atoms with Crippen molar-refractivity contribution in [3.8, 4) is 0 Å². The minimum Gasteiger partial charge on any atom is -0.870 e. The van der Waals surface area contributed by atoms with Gasteiger partial charge in [0, 0.05) is 0 Å². The third-order valence-corrected chi connectivity index (χ3v) is 7.84. The van der Waals surface area contributed by atoms with Gasteiger partial charge in [-0.1, -0.05) is 0 Å². The van der Waals surface area contributed by atoms with Crippen LogP contribution in [0.3, 0.4) is 0 Å². The molecule has 0 rings (SSSR count). The first-order chi connectivity index (χ1) is 6.79. The first-order valence-corrected chi connectivity index (χ1v) is 9.22. The molecule has 0 atom stereocenters. The molecular weight excluding hydrogens is 334 g/mol. The zero-order valence-electron chi connectivity index (χ0n) is 13.7. The average Bonchev–Trinajstić information content (AvgIpc) is 1.70. The van der Waals surface area contributed by atoms with E-state index in [0.29, 0.717) is 0 Å². The molecule has 0 aromatic heterocycles. The Kier molecular flexibility index (Phi) is 11.5. The van der Waals surface area contributed by atoms with Crippen molar-refractivity contribution in [1.82, 2.24) is 0 Å². The van der Waals surface area contributed by atoms with E-state index in [2.05, 4.69) is 0 Å². The van der Waals surface area contributed by atoms with Crippen LogP contribution in [0.5, 0.6) is 0 Å². The zero-order valence-corrected chi connectivity index (χ0v) is 16.5. The number of rotatable bonds is 3. The van der Waals surface area contributed by atoms with Gasteiger partial charge in [-0.2, -0.15) is 0 Å². The first-order valence-electron chi connectivity index (χ1n) is 5.72. The SMILES string of the molecule is CC(C)(C)[O][Sn]([O]C(C)(C)C)[O]C(C)(C)C.[Li+].[OH-]. The molecule has 0 spiro atoms. The molecule has 0 bridgehead atoms. The summed E-state index contributed by atoms with van der Waals surface area (Å²) < 4.78 is 17.8. The second kappa shape index (κ2) is 8.51. The molecule has 18 heavy (non-hydrogen) atoms. The summed E-state index contributed by atoms with van der Waals surface area (Å²) in [4.78, 5) is 0. The normalized spacial score (nSPS) is 13.0. The second-order valence-electron chi connectivity index (χ2n) is 6.89. The summed E-state index contributed by atoms with van der Waals surface area (Å²) in [6.45, 7) is 18.3. The van der Waals surface area contributed by atoms with Crippen LogP contribution < -0.4 is 18.9 Å². The molecule has 0 aromatic carbocycles. The van der Waals surface area contributed by atoms with Crippen molar-refractivity contribution in [2.75, 3.05) is 0 Å². The fourth-order valence-electron chi connectivity index (χ4n) is 0.812. The maximum Gasteiger partial charge on any atom is 1.00 e. The van der Waals surface area contributed by atoms with Gasteiger partial charge in [-0.15, -0.1) is 0 Å². The van der Waals surface area contributed by atoms with E-state index in [0.717, 1.165) is 0 Å². The van der Waals surface area contributed by atoms with Gasteiger partial charge in [-0.3, -0.25) is 0 Å². The van der Waals surface area contributed by atoms with Gasteiger partial charge in [0.1, 0.15) is 0 Å². The van der Waals surface area contributed by atoms with E-state index in [4.69, 9.17) is 9.22 Å². The van der Waals surface area contributed by atoms with Gasteiger partial charge in [-0.25, -0.2) is 0 Å². The molecule has 4 nitrogen and oxygen atoms in total. The third kappa shape index (κ3) is 17.2. The van der Waals surface area contributed by atoms with Crippen molar-refractivity contribution in [3.05, 3.63) is 0 Å². The van der Waals surface area contributed by atoms with Crippen LogP contribution in [0.15, 0.2) is 0 Å². The van der Waals surface area contributed by atoms with Crippen molar-refractivity contribution in [3.63, 3.8) is 0 Å². The molecule has 6 heteroatoms. The topological polar surface area (TPSA) is 57.7 Å². The van der Waals surface area contributed by atoms with E-state index in [-0.39, 0.29) is 41.1 Å². The number of hydrogen-bond acceptors (Lipinski definition) is 4. The van der Waals surface area contributed by atoms with E-state index in [1.165, 1.54) is 0 Å². The standard InChI is InChI=1S/3C4H9O.Li.H2O.Sn/c3*1-4(2,3)5;;;/h3*1-3H3;;1H2;/q3*-1;+1;;+3/p-1. The van der Waals surface area contributed by atoms with Crippen LogP contribution in [0.4, 0.5) is 0 Å². The predicted molar refractivity (Wildman–Crippen MR) is 70.2 cm³/mol. The Bertz CT molecular complexity index is 178. The predicted octanol–water partition coefficient (Wildman–Crippen LogP) is 0.244. The van der Waals surface area contributed by atoms with Gasteiger partial charge in [0.05, 0.1) is 0 Å². The van der Waals surface area contributed by atoms with E-state index in [1.807, 2.05) is 62.3 Å². The van der Waals surface area contributed by atoms with Gasteiger partial charge in [0.15, 0.2) is 0 Å². The summed E-state index contributed by atoms with van der Waals surface area (Å²) in [5.41, 5.74) is -0.609. The van der Waals surface area contributed by atoms with Crippen LogP contribution in [0.25, 0.3) is 0 Å². The second-order valence-corrected chi connectivity index (χ2v) is 10.1. The minimum absolute atomic E-state index is 0. The van der Waals surface area contributed by atoms with Crippen molar-refractivity contribution in [2.24, 2.45) is 0 Å². The molecule has 0 aliphatic heterocycles. The van der Waals surface area contributed by atoms with E-state index >= 15 is 0 Å². The smallest absolute Gasteiger partial charge is 0.870 e. The molecule has 1 radical (unpaired) electrons. The molecule has 0 saturated carbocycles. The Balaban J connectivity index is -0.00000112. The van der Waals surface area contributed by atoms with Crippen LogP contribution in [-0.4, -0.2) is 43.3 Å². The Morgan fingerprint density at radius 1 is 0.556 bits per heavy atom. The number of hydrogen-bond donors (Lipinski definition) is 0. The van der Waals surface area contributed by atoms with Crippen molar-refractivity contribution in [2.45, 2.75) is 79.1 Å². The summed E-state index contributed by atoms with van der Waals surface area (Å²) in [5, 5.41) is 0. The molecule has 0 amide bonds. The molecule has 0 aliphatic carbocycles. The van der Waals surface area contributed by atoms with Crippen LogP contribution in [0.2, 0.25) is 0 Å². The van der Waals surface area contributed by atoms with Gasteiger partial charge in [-0.05, 0) is 0 Å². The summed E-state index contributed by atoms with van der Waals surface area (Å²) in [7, 11) is 0. The quantitative estimate of drug-likeness (QED) is 0.676. The molecule has 0 aromatic rings. The molecule has 1 N–H and O–H groups in total. The van der Waals surface area contributed by atoms with E-state index in [1.54, 1.807) is 0 Å². The fraction of sp³-hybridized carbons (Fsp3) is 1.00. The maximum absolute atomic E-state index is 5.94. The molecule has 0 aliphatic rings. The summed E-state index contributed by atoms with van der Waals surface area (Å²) >= 11 is -2.72. The molecular formula is C12H28LiO4Sn. The fourth-order valence-corrected chi connectivity index (χ4v) is 5.45. The first kappa shape index (κ1) is 24.3. The largest absolute Gasteiger partial charge is 1.00 e. The Labute approximate surface area is 133 Å². The van der Waals surface area contributed by atoms with E-state index < -0.39 is 21.0 Å². The van der Waals surface area contributed by atoms with Crippen molar-refractivity contribution < 1.29 is 33.6 Å². The Morgan fingerprint density at radius 3 is 0.833 bits per heavy atom. The van der Waals surface area contributed by atoms with Gasteiger partial charge >= 0.3 is 128 Å². The summed E-state index contributed by atoms with van der Waals surface area (Å²) in [5.74, 6) is 0. The molecule has 105 valence electrons. The van der Waals surface area contributed by atoms with Crippen LogP contribution >= 0.6 is 0 Å². The molecule has 0 fully saturated rings. The van der Waals surface area contributed by atoms with Crippen LogP contribution in [0.1, 0.15) is 62.3 Å². The summed E-state index contributed by atoms with van der Waals surface area (Å²) in [6, 6.07) is 0. The van der Waals surface area contributed by atoms with Crippen LogP contribution in [0, 0.1) is 0 Å². The molecule has 0 heterocycles. The molecule has 0 unspecified atom stereocenters. The van der Waals surface area contributed by atoms with Gasteiger partial charge in [0.25, 0.3) is 0 Å². The van der Waals surface area contributed by atoms with E-state index in [9.17, 15) is 0 Å². The Morgan fingerprint density at radius 2 is 0.722 bits per heavy atom. The minimum atomic E-state index is -2.72.